The molecule has 1 unspecified atom stereocenters. The van der Waals surface area contributed by atoms with E-state index in [1.54, 1.807) is 0 Å². The zero-order valence-corrected chi connectivity index (χ0v) is 13.5. The third-order valence-electron chi connectivity index (χ3n) is 3.62. The summed E-state index contributed by atoms with van der Waals surface area (Å²) >= 11 is 0. The summed E-state index contributed by atoms with van der Waals surface area (Å²) in [6.45, 7) is 6.59. The lowest BCUT2D eigenvalue weighted by Gasteiger charge is -2.12. The first-order valence-electron chi connectivity index (χ1n) is 7.34. The van der Waals surface area contributed by atoms with Crippen molar-refractivity contribution >= 4 is 16.9 Å². The normalized spacial score (nSPS) is 13.3. The summed E-state index contributed by atoms with van der Waals surface area (Å²) in [5, 5.41) is 6.78. The molecule has 0 saturated heterocycles. The Balaban J connectivity index is 2.47. The fourth-order valence-corrected chi connectivity index (χ4v) is 2.37. The number of hydrogen-bond acceptors (Lipinski definition) is 3. The molecule has 2 aromatic heterocycles. The number of aromatic nitrogens is 3. The Bertz CT molecular complexity index is 736. The SMILES string of the molecule is CCC(C)NC(=O)Cn1nc(C)c2c(C(F)(F)F)cc(C)nc21. The van der Waals surface area contributed by atoms with E-state index in [1.165, 1.54) is 18.5 Å². The number of nitrogens with one attached hydrogen (secondary N) is 1. The number of carbonyl (C=O) groups is 1. The molecule has 0 aliphatic heterocycles. The second-order valence-electron chi connectivity index (χ2n) is 5.63. The number of amides is 1. The Morgan fingerprint density at radius 1 is 1.39 bits per heavy atom. The van der Waals surface area contributed by atoms with Crippen LogP contribution in [0.4, 0.5) is 13.2 Å². The quantitative estimate of drug-likeness (QED) is 0.938. The molecule has 2 rings (SSSR count). The number of rotatable bonds is 4. The first-order valence-corrected chi connectivity index (χ1v) is 7.34. The maximum absolute atomic E-state index is 13.2. The fraction of sp³-hybridized carbons (Fsp3) is 0.533. The highest BCUT2D eigenvalue weighted by molar-refractivity contribution is 5.85. The number of hydrogen-bond donors (Lipinski definition) is 1. The Labute approximate surface area is 131 Å². The van der Waals surface area contributed by atoms with Crippen molar-refractivity contribution in [2.24, 2.45) is 0 Å². The zero-order valence-electron chi connectivity index (χ0n) is 13.5. The molecular formula is C15H19F3N4O. The van der Waals surface area contributed by atoms with E-state index in [2.05, 4.69) is 15.4 Å². The van der Waals surface area contributed by atoms with Gasteiger partial charge in [0.15, 0.2) is 5.65 Å². The predicted molar refractivity (Wildman–Crippen MR) is 79.9 cm³/mol. The molecule has 1 amide bonds. The zero-order chi connectivity index (χ0) is 17.4. The van der Waals surface area contributed by atoms with Gasteiger partial charge in [0.2, 0.25) is 5.91 Å². The summed E-state index contributed by atoms with van der Waals surface area (Å²) in [4.78, 5) is 16.1. The van der Waals surface area contributed by atoms with Gasteiger partial charge in [0.05, 0.1) is 16.6 Å². The number of fused-ring (bicyclic) bond motifs is 1. The molecule has 0 radical (unpaired) electrons. The Hall–Kier alpha value is -2.12. The number of pyridine rings is 1. The molecule has 1 N–H and O–H groups in total. The lowest BCUT2D eigenvalue weighted by atomic mass is 10.1. The van der Waals surface area contributed by atoms with Gasteiger partial charge in [-0.3, -0.25) is 4.79 Å². The molecule has 2 heterocycles. The summed E-state index contributed by atoms with van der Waals surface area (Å²) < 4.78 is 40.9. The monoisotopic (exact) mass is 328 g/mol. The van der Waals surface area contributed by atoms with Crippen LogP contribution >= 0.6 is 0 Å². The van der Waals surface area contributed by atoms with Crippen LogP contribution in [0.3, 0.4) is 0 Å². The molecule has 2 aromatic rings. The van der Waals surface area contributed by atoms with Crippen LogP contribution in [0.2, 0.25) is 0 Å². The average Bonchev–Trinajstić information content (AvgIpc) is 2.72. The summed E-state index contributed by atoms with van der Waals surface area (Å²) in [6.07, 6.45) is -3.73. The first-order chi connectivity index (χ1) is 10.6. The molecule has 23 heavy (non-hydrogen) atoms. The third kappa shape index (κ3) is 3.62. The second-order valence-corrected chi connectivity index (χ2v) is 5.63. The van der Waals surface area contributed by atoms with Crippen molar-refractivity contribution in [1.29, 1.82) is 0 Å². The van der Waals surface area contributed by atoms with Gasteiger partial charge < -0.3 is 5.32 Å². The third-order valence-corrected chi connectivity index (χ3v) is 3.62. The smallest absolute Gasteiger partial charge is 0.352 e. The van der Waals surface area contributed by atoms with E-state index >= 15 is 0 Å². The van der Waals surface area contributed by atoms with Gasteiger partial charge in [-0.15, -0.1) is 0 Å². The minimum absolute atomic E-state index is 0.00847. The predicted octanol–water partition coefficient (Wildman–Crippen LogP) is 2.98. The number of halogens is 3. The van der Waals surface area contributed by atoms with Gasteiger partial charge >= 0.3 is 6.18 Å². The van der Waals surface area contributed by atoms with E-state index in [9.17, 15) is 18.0 Å². The largest absolute Gasteiger partial charge is 0.417 e. The van der Waals surface area contributed by atoms with E-state index < -0.39 is 11.7 Å². The van der Waals surface area contributed by atoms with E-state index in [1.807, 2.05) is 13.8 Å². The minimum Gasteiger partial charge on any atom is -0.352 e. The maximum Gasteiger partial charge on any atom is 0.417 e. The number of aryl methyl sites for hydroxylation is 2. The van der Waals surface area contributed by atoms with Crippen LogP contribution in [0.5, 0.6) is 0 Å². The topological polar surface area (TPSA) is 59.8 Å². The van der Waals surface area contributed by atoms with Gasteiger partial charge in [0.1, 0.15) is 6.54 Å². The van der Waals surface area contributed by atoms with Crippen LogP contribution < -0.4 is 5.32 Å². The second kappa shape index (κ2) is 6.17. The summed E-state index contributed by atoms with van der Waals surface area (Å²) in [5.74, 6) is -0.305. The van der Waals surface area contributed by atoms with Crippen molar-refractivity contribution in [3.63, 3.8) is 0 Å². The van der Waals surface area contributed by atoms with Gasteiger partial charge in [-0.2, -0.15) is 18.3 Å². The Kier molecular flexibility index (Phi) is 4.63. The van der Waals surface area contributed by atoms with Gasteiger partial charge in [0.25, 0.3) is 0 Å². The molecule has 0 fully saturated rings. The molecule has 0 spiro atoms. The van der Waals surface area contributed by atoms with E-state index in [0.717, 1.165) is 12.5 Å². The molecular weight excluding hydrogens is 309 g/mol. The molecule has 0 aliphatic carbocycles. The highest BCUT2D eigenvalue weighted by Gasteiger charge is 2.35. The van der Waals surface area contributed by atoms with Crippen molar-refractivity contribution in [1.82, 2.24) is 20.1 Å². The van der Waals surface area contributed by atoms with Gasteiger partial charge in [0, 0.05) is 11.7 Å². The summed E-state index contributed by atoms with van der Waals surface area (Å²) in [5.41, 5.74) is -0.260. The standard InChI is InChI=1S/C15H19F3N4O/c1-5-8(2)19-12(23)7-22-14-13(10(4)21-22)11(15(16,17)18)6-9(3)20-14/h6,8H,5,7H2,1-4H3,(H,19,23). The van der Waals surface area contributed by atoms with Crippen molar-refractivity contribution in [3.05, 3.63) is 23.0 Å². The number of alkyl halides is 3. The summed E-state index contributed by atoms with van der Waals surface area (Å²) in [6, 6.07) is 0.992. The molecule has 0 aromatic carbocycles. The van der Waals surface area contributed by atoms with E-state index in [0.29, 0.717) is 0 Å². The number of nitrogens with zero attached hydrogens (tertiary/aromatic N) is 3. The van der Waals surface area contributed by atoms with Crippen molar-refractivity contribution in [3.8, 4) is 0 Å². The van der Waals surface area contributed by atoms with Crippen LogP contribution in [0, 0.1) is 13.8 Å². The van der Waals surface area contributed by atoms with E-state index in [4.69, 9.17) is 0 Å². The van der Waals surface area contributed by atoms with Crippen LogP contribution in [-0.2, 0) is 17.5 Å². The molecule has 5 nitrogen and oxygen atoms in total. The van der Waals surface area contributed by atoms with Gasteiger partial charge in [-0.25, -0.2) is 9.67 Å². The van der Waals surface area contributed by atoms with Crippen LogP contribution in [0.25, 0.3) is 11.0 Å². The molecule has 0 bridgehead atoms. The highest BCUT2D eigenvalue weighted by atomic mass is 19.4. The van der Waals surface area contributed by atoms with E-state index in [-0.39, 0.29) is 40.9 Å². The highest BCUT2D eigenvalue weighted by Crippen LogP contribution is 2.36. The maximum atomic E-state index is 13.2. The van der Waals surface area contributed by atoms with Crippen molar-refractivity contribution < 1.29 is 18.0 Å². The number of carbonyl (C=O) groups excluding carboxylic acids is 1. The van der Waals surface area contributed by atoms with Gasteiger partial charge in [-0.1, -0.05) is 6.92 Å². The van der Waals surface area contributed by atoms with Crippen LogP contribution in [0.15, 0.2) is 6.07 Å². The van der Waals surface area contributed by atoms with Crippen molar-refractivity contribution in [2.75, 3.05) is 0 Å². The molecule has 8 heteroatoms. The Morgan fingerprint density at radius 3 is 2.61 bits per heavy atom. The molecule has 126 valence electrons. The van der Waals surface area contributed by atoms with Crippen LogP contribution in [-0.4, -0.2) is 26.7 Å². The minimum atomic E-state index is -4.50. The molecule has 1 atom stereocenters. The van der Waals surface area contributed by atoms with Crippen LogP contribution in [0.1, 0.15) is 37.2 Å². The lowest BCUT2D eigenvalue weighted by Crippen LogP contribution is -2.34. The van der Waals surface area contributed by atoms with Crippen molar-refractivity contribution in [2.45, 2.75) is 52.9 Å². The molecule has 0 aliphatic rings. The molecule has 0 saturated carbocycles. The Morgan fingerprint density at radius 2 is 2.04 bits per heavy atom. The average molecular weight is 328 g/mol. The lowest BCUT2D eigenvalue weighted by molar-refractivity contribution is -0.136. The van der Waals surface area contributed by atoms with Gasteiger partial charge in [-0.05, 0) is 33.3 Å². The first kappa shape index (κ1) is 17.2. The summed E-state index contributed by atoms with van der Waals surface area (Å²) in [7, 11) is 0. The fourth-order valence-electron chi connectivity index (χ4n) is 2.37.